The molecule has 2 rings (SSSR count). The van der Waals surface area contributed by atoms with Gasteiger partial charge in [0.25, 0.3) is 0 Å². The Morgan fingerprint density at radius 2 is 2.29 bits per heavy atom. The van der Waals surface area contributed by atoms with Gasteiger partial charge in [-0.15, -0.1) is 11.3 Å². The van der Waals surface area contributed by atoms with Crippen molar-refractivity contribution in [3.63, 3.8) is 0 Å². The Bertz CT molecular complexity index is 525. The third kappa shape index (κ3) is 1.23. The molecule has 0 saturated carbocycles. The summed E-state index contributed by atoms with van der Waals surface area (Å²) in [5, 5.41) is 20.6. The number of fused-ring (bicyclic) bond motifs is 1. The lowest BCUT2D eigenvalue weighted by Gasteiger charge is -1.99. The highest BCUT2D eigenvalue weighted by molar-refractivity contribution is 7.18. The minimum atomic E-state index is -0.0695. The number of hydrogen-bond acceptors (Lipinski definition) is 4. The molecular weight excluding hydrogens is 196 g/mol. The van der Waals surface area contributed by atoms with Gasteiger partial charge in [0.1, 0.15) is 6.07 Å². The molecule has 0 fully saturated rings. The van der Waals surface area contributed by atoms with Crippen LogP contribution in [0, 0.1) is 11.3 Å². The lowest BCUT2D eigenvalue weighted by atomic mass is 10.1. The van der Waals surface area contributed by atoms with Crippen LogP contribution in [0.25, 0.3) is 10.1 Å². The first-order valence-electron chi connectivity index (χ1n) is 4.07. The van der Waals surface area contributed by atoms with Crippen LogP contribution in [0.5, 0.6) is 0 Å². The second-order valence-corrected chi connectivity index (χ2v) is 3.86. The topological polar surface area (TPSA) is 70.0 Å². The molecule has 0 saturated heterocycles. The molecule has 0 bridgehead atoms. The molecule has 3 N–H and O–H groups in total. The second kappa shape index (κ2) is 3.29. The van der Waals surface area contributed by atoms with Crippen LogP contribution in [-0.4, -0.2) is 5.11 Å². The first kappa shape index (κ1) is 9.00. The van der Waals surface area contributed by atoms with Crippen LogP contribution in [0.2, 0.25) is 0 Å². The van der Waals surface area contributed by atoms with Gasteiger partial charge < -0.3 is 10.8 Å². The van der Waals surface area contributed by atoms with Crippen molar-refractivity contribution in [3.8, 4) is 6.07 Å². The van der Waals surface area contributed by atoms with E-state index in [1.54, 1.807) is 6.07 Å². The van der Waals surface area contributed by atoms with Gasteiger partial charge in [0.05, 0.1) is 22.6 Å². The Labute approximate surface area is 85.0 Å². The Morgan fingerprint density at radius 3 is 2.93 bits per heavy atom. The average Bonchev–Trinajstić information content (AvgIpc) is 2.59. The molecule has 0 aliphatic rings. The highest BCUT2D eigenvalue weighted by Gasteiger charge is 2.07. The van der Waals surface area contributed by atoms with E-state index in [0.29, 0.717) is 11.3 Å². The van der Waals surface area contributed by atoms with Crippen LogP contribution in [0.1, 0.15) is 11.1 Å². The predicted molar refractivity (Wildman–Crippen MR) is 56.9 cm³/mol. The molecule has 0 amide bonds. The number of nitrogens with two attached hydrogens (primary N) is 1. The average molecular weight is 204 g/mol. The van der Waals surface area contributed by atoms with E-state index in [2.05, 4.69) is 6.07 Å². The van der Waals surface area contributed by atoms with Gasteiger partial charge in [-0.2, -0.15) is 5.26 Å². The van der Waals surface area contributed by atoms with E-state index < -0.39 is 0 Å². The number of anilines is 1. The quantitative estimate of drug-likeness (QED) is 0.744. The highest BCUT2D eigenvalue weighted by Crippen LogP contribution is 2.31. The van der Waals surface area contributed by atoms with Gasteiger partial charge in [-0.25, -0.2) is 0 Å². The second-order valence-electron chi connectivity index (χ2n) is 2.98. The van der Waals surface area contributed by atoms with Crippen LogP contribution in [0.4, 0.5) is 5.69 Å². The summed E-state index contributed by atoms with van der Waals surface area (Å²) in [7, 11) is 0. The molecule has 1 aromatic carbocycles. The van der Waals surface area contributed by atoms with E-state index in [9.17, 15) is 0 Å². The molecular formula is C10H8N2OS. The zero-order valence-corrected chi connectivity index (χ0v) is 8.14. The first-order chi connectivity index (χ1) is 6.76. The number of nitrogen functional groups attached to an aromatic ring is 1. The summed E-state index contributed by atoms with van der Waals surface area (Å²) in [6.07, 6.45) is 0. The van der Waals surface area contributed by atoms with Gasteiger partial charge >= 0.3 is 0 Å². The summed E-state index contributed by atoms with van der Waals surface area (Å²) in [6, 6.07) is 5.62. The number of rotatable bonds is 1. The summed E-state index contributed by atoms with van der Waals surface area (Å²) in [5.74, 6) is 0. The van der Waals surface area contributed by atoms with Gasteiger partial charge in [0.2, 0.25) is 0 Å². The van der Waals surface area contributed by atoms with Crippen LogP contribution >= 0.6 is 11.3 Å². The molecule has 14 heavy (non-hydrogen) atoms. The molecule has 1 aromatic heterocycles. The monoisotopic (exact) mass is 204 g/mol. The van der Waals surface area contributed by atoms with Crippen molar-refractivity contribution >= 4 is 27.1 Å². The highest BCUT2D eigenvalue weighted by atomic mass is 32.1. The first-order valence-corrected chi connectivity index (χ1v) is 4.94. The van der Waals surface area contributed by atoms with Crippen molar-refractivity contribution in [3.05, 3.63) is 28.6 Å². The van der Waals surface area contributed by atoms with Crippen molar-refractivity contribution in [2.24, 2.45) is 0 Å². The fourth-order valence-corrected chi connectivity index (χ4v) is 2.30. The molecule has 0 radical (unpaired) electrons. The minimum Gasteiger partial charge on any atom is -0.398 e. The maximum absolute atomic E-state index is 9.00. The molecule has 0 atom stereocenters. The van der Waals surface area contributed by atoms with Crippen molar-refractivity contribution < 1.29 is 5.11 Å². The van der Waals surface area contributed by atoms with E-state index in [1.165, 1.54) is 11.3 Å². The van der Waals surface area contributed by atoms with Crippen molar-refractivity contribution in [2.45, 2.75) is 6.61 Å². The van der Waals surface area contributed by atoms with Crippen molar-refractivity contribution in [1.29, 1.82) is 5.26 Å². The lowest BCUT2D eigenvalue weighted by Crippen LogP contribution is -1.87. The van der Waals surface area contributed by atoms with Crippen molar-refractivity contribution in [1.82, 2.24) is 0 Å². The van der Waals surface area contributed by atoms with E-state index in [1.807, 2.05) is 11.4 Å². The molecule has 1 heterocycles. The van der Waals surface area contributed by atoms with Crippen LogP contribution < -0.4 is 5.73 Å². The molecule has 3 nitrogen and oxygen atoms in total. The smallest absolute Gasteiger partial charge is 0.101 e. The zero-order chi connectivity index (χ0) is 10.1. The fourth-order valence-electron chi connectivity index (χ4n) is 1.39. The van der Waals surface area contributed by atoms with Gasteiger partial charge in [0, 0.05) is 10.8 Å². The molecule has 70 valence electrons. The number of nitrogens with zero attached hydrogens (tertiary/aromatic N) is 1. The Balaban J connectivity index is 2.84. The third-order valence-corrected chi connectivity index (χ3v) is 3.11. The molecule has 0 aliphatic heterocycles. The van der Waals surface area contributed by atoms with Crippen LogP contribution in [0.15, 0.2) is 17.5 Å². The zero-order valence-electron chi connectivity index (χ0n) is 7.32. The lowest BCUT2D eigenvalue weighted by molar-refractivity contribution is 0.282. The third-order valence-electron chi connectivity index (χ3n) is 2.07. The van der Waals surface area contributed by atoms with Crippen LogP contribution in [-0.2, 0) is 6.61 Å². The standard InChI is InChI=1S/C10H8N2OS/c11-3-7-1-6(4-13)2-8-9(12)5-14-10(7)8/h1-2,5,13H,4,12H2. The summed E-state index contributed by atoms with van der Waals surface area (Å²) in [6.45, 7) is -0.0695. The summed E-state index contributed by atoms with van der Waals surface area (Å²) < 4.78 is 0.891. The largest absolute Gasteiger partial charge is 0.398 e. The number of thiophene rings is 1. The number of benzene rings is 1. The Hall–Kier alpha value is -1.57. The summed E-state index contributed by atoms with van der Waals surface area (Å²) >= 11 is 1.46. The van der Waals surface area contributed by atoms with Gasteiger partial charge in [0.15, 0.2) is 0 Å². The summed E-state index contributed by atoms with van der Waals surface area (Å²) in [4.78, 5) is 0. The van der Waals surface area contributed by atoms with Crippen molar-refractivity contribution in [2.75, 3.05) is 5.73 Å². The molecule has 4 heteroatoms. The number of nitriles is 1. The maximum Gasteiger partial charge on any atom is 0.101 e. The maximum atomic E-state index is 9.00. The number of aliphatic hydroxyl groups excluding tert-OH is 1. The minimum absolute atomic E-state index is 0.0695. The fraction of sp³-hybridized carbons (Fsp3) is 0.100. The Kier molecular flexibility index (Phi) is 2.12. The number of aliphatic hydroxyl groups is 1. The molecule has 0 aliphatic carbocycles. The SMILES string of the molecule is N#Cc1cc(CO)cc2c(N)csc12. The van der Waals surface area contributed by atoms with Gasteiger partial charge in [-0.1, -0.05) is 0 Å². The summed E-state index contributed by atoms with van der Waals surface area (Å²) in [5.41, 5.74) is 7.70. The predicted octanol–water partition coefficient (Wildman–Crippen LogP) is 1.85. The van der Waals surface area contributed by atoms with E-state index in [4.69, 9.17) is 16.1 Å². The number of hydrogen-bond donors (Lipinski definition) is 2. The van der Waals surface area contributed by atoms with Gasteiger partial charge in [-0.05, 0) is 17.7 Å². The van der Waals surface area contributed by atoms with Crippen LogP contribution in [0.3, 0.4) is 0 Å². The Morgan fingerprint density at radius 1 is 1.50 bits per heavy atom. The molecule has 2 aromatic rings. The normalized spacial score (nSPS) is 10.3. The molecule has 0 spiro atoms. The van der Waals surface area contributed by atoms with E-state index >= 15 is 0 Å². The van der Waals surface area contributed by atoms with Gasteiger partial charge in [-0.3, -0.25) is 0 Å². The van der Waals surface area contributed by atoms with E-state index in [-0.39, 0.29) is 6.61 Å². The van der Waals surface area contributed by atoms with E-state index in [0.717, 1.165) is 15.6 Å². The molecule has 0 unspecified atom stereocenters.